The summed E-state index contributed by atoms with van der Waals surface area (Å²) in [5.74, 6) is 0.774. The third kappa shape index (κ3) is 3.81. The number of urea groups is 1. The van der Waals surface area contributed by atoms with Crippen molar-refractivity contribution in [2.75, 3.05) is 44.9 Å². The van der Waals surface area contributed by atoms with Crippen LogP contribution in [-0.4, -0.2) is 67.2 Å². The number of ether oxygens (including phenoxy) is 1. The fourth-order valence-electron chi connectivity index (χ4n) is 5.19. The first-order valence-electron chi connectivity index (χ1n) is 11.4. The van der Waals surface area contributed by atoms with E-state index in [1.165, 1.54) is 21.7 Å². The van der Waals surface area contributed by atoms with Crippen molar-refractivity contribution in [1.82, 2.24) is 15.1 Å². The molecule has 2 aromatic carbocycles. The molecule has 1 spiro atoms. The Labute approximate surface area is 188 Å². The van der Waals surface area contributed by atoms with Gasteiger partial charge in [-0.25, -0.2) is 9.69 Å². The Hall–Kier alpha value is -3.06. The lowest BCUT2D eigenvalue weighted by molar-refractivity contribution is -0.133. The molecule has 168 valence electrons. The van der Waals surface area contributed by atoms with Crippen molar-refractivity contribution in [3.63, 3.8) is 0 Å². The predicted octanol–water partition coefficient (Wildman–Crippen LogP) is 2.64. The Balaban J connectivity index is 1.23. The number of hydrogen-bond acceptors (Lipinski definition) is 5. The van der Waals surface area contributed by atoms with E-state index in [1.807, 2.05) is 24.3 Å². The highest BCUT2D eigenvalue weighted by Crippen LogP contribution is 2.33. The quantitative estimate of drug-likeness (QED) is 0.750. The van der Waals surface area contributed by atoms with E-state index in [-0.39, 0.29) is 11.9 Å². The Morgan fingerprint density at radius 2 is 1.75 bits per heavy atom. The van der Waals surface area contributed by atoms with E-state index in [4.69, 9.17) is 4.74 Å². The molecule has 5 rings (SSSR count). The van der Waals surface area contributed by atoms with Crippen molar-refractivity contribution in [3.05, 3.63) is 59.7 Å². The number of methoxy groups -OCH3 is 1. The van der Waals surface area contributed by atoms with Crippen molar-refractivity contribution in [2.45, 2.75) is 31.2 Å². The molecule has 1 aliphatic carbocycles. The van der Waals surface area contributed by atoms with E-state index in [9.17, 15) is 9.59 Å². The number of rotatable bonds is 4. The van der Waals surface area contributed by atoms with Crippen molar-refractivity contribution in [3.8, 4) is 5.75 Å². The summed E-state index contributed by atoms with van der Waals surface area (Å²) in [7, 11) is 1.67. The standard InChI is InChI=1S/C25H30N4O3/c1-32-22-9-7-21(8-10-22)28-14-4-13-27(15-16-28)18-29-23(30)25(26-24(29)31)12-11-19-5-2-3-6-20(19)17-25/h2-3,5-10H,4,11-18H2,1H3,(H,26,31). The largest absolute Gasteiger partial charge is 0.497 e. The maximum Gasteiger partial charge on any atom is 0.326 e. The van der Waals surface area contributed by atoms with E-state index in [1.54, 1.807) is 7.11 Å². The second-order valence-electron chi connectivity index (χ2n) is 8.99. The maximum absolute atomic E-state index is 13.4. The molecule has 0 saturated carbocycles. The van der Waals surface area contributed by atoms with Crippen LogP contribution >= 0.6 is 0 Å². The second-order valence-corrected chi connectivity index (χ2v) is 8.99. The summed E-state index contributed by atoms with van der Waals surface area (Å²) in [5.41, 5.74) is 2.83. The molecular formula is C25H30N4O3. The zero-order valence-corrected chi connectivity index (χ0v) is 18.5. The highest BCUT2D eigenvalue weighted by molar-refractivity contribution is 6.07. The highest BCUT2D eigenvalue weighted by Gasteiger charge is 2.52. The minimum Gasteiger partial charge on any atom is -0.497 e. The number of fused-ring (bicyclic) bond motifs is 1. The van der Waals surface area contributed by atoms with Gasteiger partial charge in [0.05, 0.1) is 13.8 Å². The summed E-state index contributed by atoms with van der Waals surface area (Å²) in [6.45, 7) is 3.82. The monoisotopic (exact) mass is 434 g/mol. The van der Waals surface area contributed by atoms with Gasteiger partial charge in [0.15, 0.2) is 0 Å². The van der Waals surface area contributed by atoms with Crippen LogP contribution in [0.4, 0.5) is 10.5 Å². The number of benzene rings is 2. The highest BCUT2D eigenvalue weighted by atomic mass is 16.5. The first-order valence-corrected chi connectivity index (χ1v) is 11.4. The summed E-state index contributed by atoms with van der Waals surface area (Å²) in [6, 6.07) is 16.1. The van der Waals surface area contributed by atoms with E-state index >= 15 is 0 Å². The van der Waals surface area contributed by atoms with E-state index in [0.717, 1.165) is 44.8 Å². The Bertz CT molecular complexity index is 1010. The van der Waals surface area contributed by atoms with Crippen LogP contribution in [0.3, 0.4) is 0 Å². The summed E-state index contributed by atoms with van der Waals surface area (Å²) in [4.78, 5) is 32.2. The first kappa shape index (κ1) is 20.8. The average molecular weight is 435 g/mol. The lowest BCUT2D eigenvalue weighted by Gasteiger charge is -2.32. The van der Waals surface area contributed by atoms with Gasteiger partial charge in [-0.2, -0.15) is 0 Å². The van der Waals surface area contributed by atoms with Crippen molar-refractivity contribution in [2.24, 2.45) is 0 Å². The number of aryl methyl sites for hydroxylation is 1. The van der Waals surface area contributed by atoms with Crippen molar-refractivity contribution < 1.29 is 14.3 Å². The van der Waals surface area contributed by atoms with E-state index in [2.05, 4.69) is 39.4 Å². The fourth-order valence-corrected chi connectivity index (χ4v) is 5.19. The third-order valence-corrected chi connectivity index (χ3v) is 7.05. The molecule has 1 unspecified atom stereocenters. The van der Waals surface area contributed by atoms with E-state index < -0.39 is 5.54 Å². The molecule has 2 aromatic rings. The molecule has 1 atom stereocenters. The zero-order valence-electron chi connectivity index (χ0n) is 18.5. The molecule has 1 N–H and O–H groups in total. The number of imide groups is 1. The molecule has 0 bridgehead atoms. The van der Waals surface area contributed by atoms with Gasteiger partial charge in [0, 0.05) is 38.3 Å². The van der Waals surface area contributed by atoms with Crippen molar-refractivity contribution in [1.29, 1.82) is 0 Å². The molecular weight excluding hydrogens is 404 g/mol. The molecule has 2 aliphatic heterocycles. The van der Waals surface area contributed by atoms with E-state index in [0.29, 0.717) is 19.5 Å². The van der Waals surface area contributed by atoms with Gasteiger partial charge in [-0.15, -0.1) is 0 Å². The van der Waals surface area contributed by atoms with Gasteiger partial charge in [0.25, 0.3) is 5.91 Å². The van der Waals surface area contributed by atoms with Gasteiger partial charge >= 0.3 is 6.03 Å². The van der Waals surface area contributed by atoms with Crippen LogP contribution in [-0.2, 0) is 17.6 Å². The molecule has 0 aromatic heterocycles. The molecule has 7 heteroatoms. The average Bonchev–Trinajstić information content (AvgIpc) is 2.97. The van der Waals surface area contributed by atoms with Gasteiger partial charge in [0.2, 0.25) is 0 Å². The molecule has 2 heterocycles. The van der Waals surface area contributed by atoms with Crippen LogP contribution in [0.2, 0.25) is 0 Å². The molecule has 3 amide bonds. The smallest absolute Gasteiger partial charge is 0.326 e. The molecule has 2 saturated heterocycles. The van der Waals surface area contributed by atoms with Crippen LogP contribution in [0, 0.1) is 0 Å². The number of nitrogens with zero attached hydrogens (tertiary/aromatic N) is 3. The van der Waals surface area contributed by atoms with Crippen LogP contribution in [0.25, 0.3) is 0 Å². The SMILES string of the molecule is COc1ccc(N2CCCN(CN3C(=O)NC4(CCc5ccccc5C4)C3=O)CC2)cc1. The lowest BCUT2D eigenvalue weighted by atomic mass is 9.78. The predicted molar refractivity (Wildman–Crippen MR) is 123 cm³/mol. The number of nitrogens with one attached hydrogen (secondary N) is 1. The first-order chi connectivity index (χ1) is 15.6. The summed E-state index contributed by atoms with van der Waals surface area (Å²) < 4.78 is 5.26. The Kier molecular flexibility index (Phi) is 5.51. The van der Waals surface area contributed by atoms with Gasteiger partial charge in [-0.1, -0.05) is 24.3 Å². The van der Waals surface area contributed by atoms with Gasteiger partial charge in [-0.05, 0) is 54.7 Å². The van der Waals surface area contributed by atoms with Gasteiger partial charge in [0.1, 0.15) is 11.3 Å². The van der Waals surface area contributed by atoms with Crippen LogP contribution < -0.4 is 15.0 Å². The Morgan fingerprint density at radius 3 is 2.53 bits per heavy atom. The number of amides is 3. The zero-order chi connectivity index (χ0) is 22.1. The summed E-state index contributed by atoms with van der Waals surface area (Å²) >= 11 is 0. The minimum atomic E-state index is -0.785. The second kappa shape index (κ2) is 8.47. The lowest BCUT2D eigenvalue weighted by Crippen LogP contribution is -2.51. The summed E-state index contributed by atoms with van der Waals surface area (Å²) in [6.07, 6.45) is 3.04. The number of carbonyl (C=O) groups excluding carboxylic acids is 2. The number of hydrogen-bond donors (Lipinski definition) is 1. The third-order valence-electron chi connectivity index (χ3n) is 7.05. The molecule has 3 aliphatic rings. The topological polar surface area (TPSA) is 65.1 Å². The van der Waals surface area contributed by atoms with Crippen LogP contribution in [0.15, 0.2) is 48.5 Å². The van der Waals surface area contributed by atoms with Gasteiger partial charge < -0.3 is 15.0 Å². The van der Waals surface area contributed by atoms with Crippen molar-refractivity contribution >= 4 is 17.6 Å². The van der Waals surface area contributed by atoms with Crippen LogP contribution in [0.5, 0.6) is 5.75 Å². The minimum absolute atomic E-state index is 0.0757. The van der Waals surface area contributed by atoms with Gasteiger partial charge in [-0.3, -0.25) is 9.69 Å². The van der Waals surface area contributed by atoms with Crippen LogP contribution in [0.1, 0.15) is 24.0 Å². The maximum atomic E-state index is 13.4. The molecule has 7 nitrogen and oxygen atoms in total. The molecule has 2 fully saturated rings. The normalized spacial score (nSPS) is 23.8. The Morgan fingerprint density at radius 1 is 0.969 bits per heavy atom. The summed E-state index contributed by atoms with van der Waals surface area (Å²) in [5, 5.41) is 3.05. The number of anilines is 1. The molecule has 0 radical (unpaired) electrons. The molecule has 32 heavy (non-hydrogen) atoms. The fraction of sp³-hybridized carbons (Fsp3) is 0.440. The number of carbonyl (C=O) groups is 2.